The second kappa shape index (κ2) is 6.35. The summed E-state index contributed by atoms with van der Waals surface area (Å²) in [6.07, 6.45) is 0.442. The third-order valence-corrected chi connectivity index (χ3v) is 6.25. The molecule has 0 bridgehead atoms. The minimum Gasteiger partial charge on any atom is -0.480 e. The molecule has 1 fully saturated rings. The normalized spacial score (nSPS) is 24.5. The number of hydrogen-bond donors (Lipinski definition) is 1. The number of nitrogens with zero attached hydrogens (tertiary/aromatic N) is 1. The average molecular weight is 377 g/mol. The highest BCUT2D eigenvalue weighted by molar-refractivity contribution is 6.63. The van der Waals surface area contributed by atoms with E-state index in [-0.39, 0.29) is 6.61 Å². The molecule has 1 saturated heterocycles. The lowest BCUT2D eigenvalue weighted by molar-refractivity contribution is 0.00578. The van der Waals surface area contributed by atoms with Gasteiger partial charge < -0.3 is 19.2 Å². The smallest absolute Gasteiger partial charge is 0.480 e. The maximum atomic E-state index is 10.2. The van der Waals surface area contributed by atoms with E-state index in [4.69, 9.17) is 14.0 Å². The predicted octanol–water partition coefficient (Wildman–Crippen LogP) is 2.68. The number of fused-ring (bicyclic) bond motifs is 1. The van der Waals surface area contributed by atoms with Crippen LogP contribution in [0.1, 0.15) is 44.4 Å². The van der Waals surface area contributed by atoms with E-state index in [0.29, 0.717) is 23.2 Å². The zero-order valence-corrected chi connectivity index (χ0v) is 16.7. The molecule has 144 valence electrons. The van der Waals surface area contributed by atoms with Crippen molar-refractivity contribution in [1.82, 2.24) is 0 Å². The Labute approximate surface area is 166 Å². The maximum Gasteiger partial charge on any atom is 0.496 e. The first-order chi connectivity index (χ1) is 13.2. The van der Waals surface area contributed by atoms with Crippen LogP contribution in [0.25, 0.3) is 0 Å². The topological polar surface area (TPSA) is 71.7 Å². The van der Waals surface area contributed by atoms with Crippen LogP contribution in [0, 0.1) is 11.3 Å². The van der Waals surface area contributed by atoms with Gasteiger partial charge in [-0.05, 0) is 51.0 Å². The van der Waals surface area contributed by atoms with Crippen LogP contribution in [0.4, 0.5) is 0 Å². The van der Waals surface area contributed by atoms with Crippen LogP contribution < -0.4 is 10.2 Å². The SMILES string of the molecule is CC1(C)OB(c2c(C#N)ccc3c2CC(CO)(c2ccccc2)O3)OC1(C)C. The summed E-state index contributed by atoms with van der Waals surface area (Å²) in [5.74, 6) is 0.654. The Kier molecular flexibility index (Phi) is 4.31. The van der Waals surface area contributed by atoms with Gasteiger partial charge in [-0.2, -0.15) is 5.26 Å². The van der Waals surface area contributed by atoms with Gasteiger partial charge >= 0.3 is 7.12 Å². The van der Waals surface area contributed by atoms with Crippen LogP contribution in [0.5, 0.6) is 5.75 Å². The third-order valence-electron chi connectivity index (χ3n) is 6.25. The lowest BCUT2D eigenvalue weighted by Gasteiger charge is -2.32. The Balaban J connectivity index is 1.81. The van der Waals surface area contributed by atoms with Crippen molar-refractivity contribution in [1.29, 1.82) is 5.26 Å². The van der Waals surface area contributed by atoms with Crippen molar-refractivity contribution < 1.29 is 19.2 Å². The van der Waals surface area contributed by atoms with Crippen molar-refractivity contribution in [2.45, 2.75) is 50.9 Å². The molecule has 0 aromatic heterocycles. The molecule has 2 aliphatic heterocycles. The summed E-state index contributed by atoms with van der Waals surface area (Å²) >= 11 is 0. The Bertz CT molecular complexity index is 935. The first-order valence-corrected chi connectivity index (χ1v) is 9.50. The van der Waals surface area contributed by atoms with Gasteiger partial charge in [0.25, 0.3) is 0 Å². The van der Waals surface area contributed by atoms with Crippen LogP contribution in [0.3, 0.4) is 0 Å². The Morgan fingerprint density at radius 1 is 1.04 bits per heavy atom. The van der Waals surface area contributed by atoms with Crippen LogP contribution in [-0.2, 0) is 21.3 Å². The highest BCUT2D eigenvalue weighted by Crippen LogP contribution is 2.43. The summed E-state index contributed by atoms with van der Waals surface area (Å²) < 4.78 is 18.7. The van der Waals surface area contributed by atoms with Gasteiger partial charge in [-0.15, -0.1) is 0 Å². The summed E-state index contributed by atoms with van der Waals surface area (Å²) in [5.41, 5.74) is 1.05. The molecule has 0 saturated carbocycles. The number of aliphatic hydroxyl groups excluding tert-OH is 1. The lowest BCUT2D eigenvalue weighted by Crippen LogP contribution is -2.41. The first kappa shape index (κ1) is 19.0. The van der Waals surface area contributed by atoms with Gasteiger partial charge in [0.05, 0.1) is 29.4 Å². The second-order valence-corrected chi connectivity index (χ2v) is 8.50. The lowest BCUT2D eigenvalue weighted by atomic mass is 9.71. The van der Waals surface area contributed by atoms with Gasteiger partial charge in [0.1, 0.15) is 5.75 Å². The number of ether oxygens (including phenoxy) is 1. The van der Waals surface area contributed by atoms with Crippen LogP contribution in [0.2, 0.25) is 0 Å². The van der Waals surface area contributed by atoms with E-state index in [2.05, 4.69) is 6.07 Å². The minimum absolute atomic E-state index is 0.170. The molecule has 28 heavy (non-hydrogen) atoms. The zero-order valence-electron chi connectivity index (χ0n) is 16.7. The Morgan fingerprint density at radius 3 is 2.25 bits per heavy atom. The molecule has 1 N–H and O–H groups in total. The molecule has 5 nitrogen and oxygen atoms in total. The van der Waals surface area contributed by atoms with E-state index < -0.39 is 23.9 Å². The molecule has 2 heterocycles. The largest absolute Gasteiger partial charge is 0.496 e. The molecule has 0 aliphatic carbocycles. The quantitative estimate of drug-likeness (QED) is 0.833. The van der Waals surface area contributed by atoms with Gasteiger partial charge in [0.2, 0.25) is 0 Å². The molecular weight excluding hydrogens is 353 g/mol. The maximum absolute atomic E-state index is 10.2. The molecule has 2 aliphatic rings. The van der Waals surface area contributed by atoms with E-state index in [1.165, 1.54) is 0 Å². The number of benzene rings is 2. The molecule has 1 atom stereocenters. The minimum atomic E-state index is -0.879. The Hall–Kier alpha value is -2.33. The van der Waals surface area contributed by atoms with Gasteiger partial charge in [0.15, 0.2) is 5.60 Å². The number of aliphatic hydroxyl groups is 1. The number of rotatable bonds is 3. The zero-order chi connectivity index (χ0) is 20.2. The van der Waals surface area contributed by atoms with Crippen molar-refractivity contribution in [2.24, 2.45) is 0 Å². The summed E-state index contributed by atoms with van der Waals surface area (Å²) in [7, 11) is -0.663. The van der Waals surface area contributed by atoms with Gasteiger partial charge in [0, 0.05) is 11.9 Å². The fraction of sp³-hybridized carbons (Fsp3) is 0.409. The summed E-state index contributed by atoms with van der Waals surface area (Å²) in [6, 6.07) is 15.5. The summed E-state index contributed by atoms with van der Waals surface area (Å²) in [5, 5.41) is 20.0. The second-order valence-electron chi connectivity index (χ2n) is 8.50. The monoisotopic (exact) mass is 377 g/mol. The molecular formula is C22H24BNO4. The van der Waals surface area contributed by atoms with Gasteiger partial charge in [-0.1, -0.05) is 30.3 Å². The first-order valence-electron chi connectivity index (χ1n) is 9.50. The highest BCUT2D eigenvalue weighted by Gasteiger charge is 2.54. The molecule has 1 unspecified atom stereocenters. The molecule has 2 aromatic rings. The van der Waals surface area contributed by atoms with Crippen LogP contribution in [0.15, 0.2) is 42.5 Å². The van der Waals surface area contributed by atoms with Crippen molar-refractivity contribution in [3.8, 4) is 11.8 Å². The van der Waals surface area contributed by atoms with E-state index in [0.717, 1.165) is 11.1 Å². The van der Waals surface area contributed by atoms with Crippen LogP contribution in [-0.4, -0.2) is 30.0 Å². The van der Waals surface area contributed by atoms with Crippen molar-refractivity contribution in [3.63, 3.8) is 0 Å². The fourth-order valence-electron chi connectivity index (χ4n) is 3.86. The van der Waals surface area contributed by atoms with E-state index in [1.807, 2.05) is 58.0 Å². The molecule has 4 rings (SSSR count). The standard InChI is InChI=1S/C22H24BNO4/c1-20(2)21(3,4)28-23(27-20)19-15(13-24)10-11-18-17(19)12-22(14-25,26-18)16-8-6-5-7-9-16/h5-11,25H,12,14H2,1-4H3. The summed E-state index contributed by atoms with van der Waals surface area (Å²) in [4.78, 5) is 0. The highest BCUT2D eigenvalue weighted by atomic mass is 16.7. The van der Waals surface area contributed by atoms with E-state index in [9.17, 15) is 10.4 Å². The van der Waals surface area contributed by atoms with E-state index in [1.54, 1.807) is 12.1 Å². The predicted molar refractivity (Wildman–Crippen MR) is 106 cm³/mol. The van der Waals surface area contributed by atoms with E-state index >= 15 is 0 Å². The van der Waals surface area contributed by atoms with Gasteiger partial charge in [-0.25, -0.2) is 0 Å². The fourth-order valence-corrected chi connectivity index (χ4v) is 3.86. The molecule has 0 spiro atoms. The van der Waals surface area contributed by atoms with Crippen molar-refractivity contribution in [3.05, 3.63) is 59.2 Å². The molecule has 0 radical (unpaired) electrons. The van der Waals surface area contributed by atoms with Gasteiger partial charge in [-0.3, -0.25) is 0 Å². The molecule has 6 heteroatoms. The molecule has 0 amide bonds. The Morgan fingerprint density at radius 2 is 1.68 bits per heavy atom. The van der Waals surface area contributed by atoms with Crippen molar-refractivity contribution in [2.75, 3.05) is 6.61 Å². The molecule has 2 aromatic carbocycles. The number of nitriles is 1. The average Bonchev–Trinajstić information content (AvgIpc) is 3.16. The van der Waals surface area contributed by atoms with Crippen LogP contribution >= 0.6 is 0 Å². The van der Waals surface area contributed by atoms with Crippen molar-refractivity contribution >= 4 is 12.6 Å². The third kappa shape index (κ3) is 2.74. The number of hydrogen-bond acceptors (Lipinski definition) is 5. The summed E-state index contributed by atoms with van der Waals surface area (Å²) in [6.45, 7) is 7.78.